The second-order valence-electron chi connectivity index (χ2n) is 7.66. The van der Waals surface area contributed by atoms with Gasteiger partial charge in [0.15, 0.2) is 0 Å². The van der Waals surface area contributed by atoms with Gasteiger partial charge in [-0.2, -0.15) is 0 Å². The van der Waals surface area contributed by atoms with Gasteiger partial charge in [-0.25, -0.2) is 0 Å². The van der Waals surface area contributed by atoms with Gasteiger partial charge in [0, 0.05) is 19.5 Å². The van der Waals surface area contributed by atoms with Crippen molar-refractivity contribution in [3.8, 4) is 0 Å². The van der Waals surface area contributed by atoms with Gasteiger partial charge in [0.1, 0.15) is 5.54 Å². The van der Waals surface area contributed by atoms with E-state index < -0.39 is 5.54 Å². The van der Waals surface area contributed by atoms with Crippen molar-refractivity contribution in [3.05, 3.63) is 0 Å². The summed E-state index contributed by atoms with van der Waals surface area (Å²) in [6, 6.07) is 0. The van der Waals surface area contributed by atoms with E-state index in [1.807, 2.05) is 11.8 Å². The number of nitrogens with one attached hydrogen (secondary N) is 1. The van der Waals surface area contributed by atoms with Crippen LogP contribution in [0.4, 0.5) is 0 Å². The molecule has 132 valence electrons. The van der Waals surface area contributed by atoms with E-state index in [-0.39, 0.29) is 11.8 Å². The molecule has 0 aromatic heterocycles. The highest BCUT2D eigenvalue weighted by Gasteiger charge is 2.46. The van der Waals surface area contributed by atoms with E-state index in [1.165, 1.54) is 25.9 Å². The van der Waals surface area contributed by atoms with Crippen molar-refractivity contribution < 1.29 is 9.59 Å². The molecule has 0 radical (unpaired) electrons. The molecule has 0 aromatic carbocycles. The Morgan fingerprint density at radius 1 is 1.26 bits per heavy atom. The van der Waals surface area contributed by atoms with Crippen molar-refractivity contribution >= 4 is 11.8 Å². The molecule has 2 saturated heterocycles. The number of hydrogen-bond donors (Lipinski definition) is 1. The van der Waals surface area contributed by atoms with Gasteiger partial charge in [0.2, 0.25) is 11.8 Å². The van der Waals surface area contributed by atoms with E-state index in [0.717, 1.165) is 19.4 Å². The average Bonchev–Trinajstić information content (AvgIpc) is 3.10. The third-order valence-electron chi connectivity index (χ3n) is 5.27. The first-order valence-corrected chi connectivity index (χ1v) is 9.24. The van der Waals surface area contributed by atoms with Gasteiger partial charge in [-0.3, -0.25) is 9.59 Å². The van der Waals surface area contributed by atoms with Gasteiger partial charge in [0.05, 0.1) is 0 Å². The molecule has 0 bridgehead atoms. The number of likely N-dealkylation sites (tertiary alicyclic amines) is 2. The highest BCUT2D eigenvalue weighted by atomic mass is 16.2. The van der Waals surface area contributed by atoms with E-state index in [0.29, 0.717) is 31.8 Å². The lowest BCUT2D eigenvalue weighted by atomic mass is 9.97. The van der Waals surface area contributed by atoms with E-state index in [4.69, 9.17) is 0 Å². The molecule has 1 unspecified atom stereocenters. The van der Waals surface area contributed by atoms with Crippen molar-refractivity contribution in [2.75, 3.05) is 32.7 Å². The van der Waals surface area contributed by atoms with Crippen LogP contribution in [0.3, 0.4) is 0 Å². The summed E-state index contributed by atoms with van der Waals surface area (Å²) in [6.45, 7) is 11.0. The molecule has 2 amide bonds. The second kappa shape index (κ2) is 8.13. The Morgan fingerprint density at radius 3 is 2.61 bits per heavy atom. The minimum atomic E-state index is -0.654. The van der Waals surface area contributed by atoms with Crippen molar-refractivity contribution in [1.29, 1.82) is 0 Å². The number of amides is 2. The summed E-state index contributed by atoms with van der Waals surface area (Å²) in [4.78, 5) is 29.1. The SMILES string of the molecule is CC(C)CCNC(=O)C1(C)CCC(=O)N1CCCN1CCCC1. The molecule has 0 aliphatic carbocycles. The number of nitrogens with zero attached hydrogens (tertiary/aromatic N) is 2. The molecule has 5 heteroatoms. The van der Waals surface area contributed by atoms with E-state index in [9.17, 15) is 9.59 Å². The maximum absolute atomic E-state index is 12.6. The van der Waals surface area contributed by atoms with Gasteiger partial charge in [-0.1, -0.05) is 13.8 Å². The lowest BCUT2D eigenvalue weighted by Gasteiger charge is -2.34. The summed E-state index contributed by atoms with van der Waals surface area (Å²) in [6.07, 6.45) is 5.66. The summed E-state index contributed by atoms with van der Waals surface area (Å²) < 4.78 is 0. The van der Waals surface area contributed by atoms with Crippen LogP contribution < -0.4 is 5.32 Å². The summed E-state index contributed by atoms with van der Waals surface area (Å²) in [5.41, 5.74) is -0.654. The van der Waals surface area contributed by atoms with Crippen molar-refractivity contribution in [1.82, 2.24) is 15.1 Å². The second-order valence-corrected chi connectivity index (χ2v) is 7.66. The molecule has 23 heavy (non-hydrogen) atoms. The minimum absolute atomic E-state index is 0.0187. The smallest absolute Gasteiger partial charge is 0.245 e. The minimum Gasteiger partial charge on any atom is -0.354 e. The highest BCUT2D eigenvalue weighted by molar-refractivity contribution is 5.94. The molecule has 1 atom stereocenters. The first-order valence-electron chi connectivity index (χ1n) is 9.24. The number of rotatable bonds is 8. The molecule has 0 aromatic rings. The van der Waals surface area contributed by atoms with Crippen LogP contribution in [0.1, 0.15) is 59.3 Å². The van der Waals surface area contributed by atoms with Crippen LogP contribution in [-0.2, 0) is 9.59 Å². The molecule has 2 fully saturated rings. The average molecular weight is 323 g/mol. The Kier molecular flexibility index (Phi) is 6.45. The number of carbonyl (C=O) groups excluding carboxylic acids is 2. The molecule has 2 aliphatic rings. The molecule has 1 N–H and O–H groups in total. The normalized spacial score (nSPS) is 25.6. The molecule has 5 nitrogen and oxygen atoms in total. The predicted molar refractivity (Wildman–Crippen MR) is 92.1 cm³/mol. The molecule has 2 heterocycles. The van der Waals surface area contributed by atoms with Gasteiger partial charge < -0.3 is 15.1 Å². The fraction of sp³-hybridized carbons (Fsp3) is 0.889. The van der Waals surface area contributed by atoms with Gasteiger partial charge in [0.25, 0.3) is 0 Å². The predicted octanol–water partition coefficient (Wildman–Crippen LogP) is 2.02. The molecular formula is C18H33N3O2. The van der Waals surface area contributed by atoms with Crippen LogP contribution in [0, 0.1) is 5.92 Å². The van der Waals surface area contributed by atoms with E-state index >= 15 is 0 Å². The third kappa shape index (κ3) is 4.69. The highest BCUT2D eigenvalue weighted by Crippen LogP contribution is 2.30. The van der Waals surface area contributed by atoms with E-state index in [1.54, 1.807) is 0 Å². The van der Waals surface area contributed by atoms with Crippen LogP contribution >= 0.6 is 0 Å². The molecular weight excluding hydrogens is 290 g/mol. The Hall–Kier alpha value is -1.10. The quantitative estimate of drug-likeness (QED) is 0.743. The first kappa shape index (κ1) is 18.2. The first-order chi connectivity index (χ1) is 10.9. The van der Waals surface area contributed by atoms with E-state index in [2.05, 4.69) is 24.1 Å². The van der Waals surface area contributed by atoms with Crippen LogP contribution in [0.2, 0.25) is 0 Å². The third-order valence-corrected chi connectivity index (χ3v) is 5.27. The Morgan fingerprint density at radius 2 is 1.96 bits per heavy atom. The summed E-state index contributed by atoms with van der Waals surface area (Å²) in [7, 11) is 0. The number of hydrogen-bond acceptors (Lipinski definition) is 3. The topological polar surface area (TPSA) is 52.7 Å². The summed E-state index contributed by atoms with van der Waals surface area (Å²) >= 11 is 0. The van der Waals surface area contributed by atoms with Crippen LogP contribution in [0.15, 0.2) is 0 Å². The monoisotopic (exact) mass is 323 g/mol. The molecule has 0 spiro atoms. The lowest BCUT2D eigenvalue weighted by Crippen LogP contribution is -2.55. The summed E-state index contributed by atoms with van der Waals surface area (Å²) in [5.74, 6) is 0.725. The molecule has 0 saturated carbocycles. The molecule has 2 rings (SSSR count). The maximum Gasteiger partial charge on any atom is 0.245 e. The van der Waals surface area contributed by atoms with Crippen molar-refractivity contribution in [2.45, 2.75) is 64.8 Å². The standard InChI is InChI=1S/C18H33N3O2/c1-15(2)8-10-19-17(23)18(3)9-7-16(22)21(18)14-6-13-20-11-4-5-12-20/h15H,4-14H2,1-3H3,(H,19,23). The lowest BCUT2D eigenvalue weighted by molar-refractivity contribution is -0.140. The fourth-order valence-corrected chi connectivity index (χ4v) is 3.63. The fourth-order valence-electron chi connectivity index (χ4n) is 3.63. The largest absolute Gasteiger partial charge is 0.354 e. The van der Waals surface area contributed by atoms with Crippen LogP contribution in [-0.4, -0.2) is 59.9 Å². The Labute approximate surface area is 140 Å². The Balaban J connectivity index is 1.84. The van der Waals surface area contributed by atoms with Crippen molar-refractivity contribution in [3.63, 3.8) is 0 Å². The zero-order valence-corrected chi connectivity index (χ0v) is 15.1. The van der Waals surface area contributed by atoms with Gasteiger partial charge in [-0.15, -0.1) is 0 Å². The van der Waals surface area contributed by atoms with Crippen LogP contribution in [0.5, 0.6) is 0 Å². The zero-order valence-electron chi connectivity index (χ0n) is 15.1. The van der Waals surface area contributed by atoms with Crippen LogP contribution in [0.25, 0.3) is 0 Å². The Bertz CT molecular complexity index is 418. The van der Waals surface area contributed by atoms with Gasteiger partial charge >= 0.3 is 0 Å². The maximum atomic E-state index is 12.6. The zero-order chi connectivity index (χ0) is 16.9. The molecule has 2 aliphatic heterocycles. The van der Waals surface area contributed by atoms with Gasteiger partial charge in [-0.05, 0) is 64.6 Å². The number of carbonyl (C=O) groups is 2. The summed E-state index contributed by atoms with van der Waals surface area (Å²) in [5, 5.41) is 3.04. The van der Waals surface area contributed by atoms with Crippen molar-refractivity contribution in [2.24, 2.45) is 5.92 Å².